The lowest BCUT2D eigenvalue weighted by Gasteiger charge is -2.46. The second kappa shape index (κ2) is 5.10. The average Bonchev–Trinajstić information content (AvgIpc) is 2.96. The van der Waals surface area contributed by atoms with Crippen LogP contribution in [-0.2, 0) is 0 Å². The minimum atomic E-state index is 0.496. The number of hydrogen-bond acceptors (Lipinski definition) is 3. The molecular formula is C14H26N2S. The number of thioether (sulfide) groups is 1. The SMILES string of the molecule is CC1CNC2(CCCC2)CN1CC1CCCS1. The lowest BCUT2D eigenvalue weighted by atomic mass is 9.92. The van der Waals surface area contributed by atoms with E-state index in [1.54, 1.807) is 0 Å². The Morgan fingerprint density at radius 3 is 2.82 bits per heavy atom. The molecule has 98 valence electrons. The Balaban J connectivity index is 1.60. The topological polar surface area (TPSA) is 15.3 Å². The highest BCUT2D eigenvalue weighted by Crippen LogP contribution is 2.34. The van der Waals surface area contributed by atoms with Crippen molar-refractivity contribution >= 4 is 11.8 Å². The highest BCUT2D eigenvalue weighted by atomic mass is 32.2. The maximum atomic E-state index is 3.85. The lowest BCUT2D eigenvalue weighted by molar-refractivity contribution is 0.0895. The van der Waals surface area contributed by atoms with Gasteiger partial charge in [0.2, 0.25) is 0 Å². The molecule has 2 unspecified atom stereocenters. The van der Waals surface area contributed by atoms with Crippen LogP contribution in [0.4, 0.5) is 0 Å². The fourth-order valence-electron chi connectivity index (χ4n) is 3.77. The van der Waals surface area contributed by atoms with Gasteiger partial charge in [-0.15, -0.1) is 0 Å². The van der Waals surface area contributed by atoms with Gasteiger partial charge in [0.25, 0.3) is 0 Å². The van der Waals surface area contributed by atoms with Gasteiger partial charge in [-0.25, -0.2) is 0 Å². The molecule has 0 bridgehead atoms. The molecule has 1 saturated carbocycles. The first-order valence-corrected chi connectivity index (χ1v) is 8.43. The zero-order valence-electron chi connectivity index (χ0n) is 11.1. The number of rotatable bonds is 2. The van der Waals surface area contributed by atoms with Crippen LogP contribution in [0, 0.1) is 0 Å². The molecule has 2 saturated heterocycles. The van der Waals surface area contributed by atoms with Gasteiger partial charge < -0.3 is 5.32 Å². The molecule has 1 spiro atoms. The van der Waals surface area contributed by atoms with Crippen molar-refractivity contribution in [3.05, 3.63) is 0 Å². The van der Waals surface area contributed by atoms with Crippen molar-refractivity contribution in [1.82, 2.24) is 10.2 Å². The van der Waals surface area contributed by atoms with Gasteiger partial charge in [-0.1, -0.05) is 12.8 Å². The third-order valence-corrected chi connectivity index (χ3v) is 6.30. The van der Waals surface area contributed by atoms with E-state index in [0.29, 0.717) is 5.54 Å². The van der Waals surface area contributed by atoms with E-state index < -0.39 is 0 Å². The number of piperazine rings is 1. The largest absolute Gasteiger partial charge is 0.308 e. The quantitative estimate of drug-likeness (QED) is 0.815. The van der Waals surface area contributed by atoms with Gasteiger partial charge in [-0.3, -0.25) is 4.90 Å². The summed E-state index contributed by atoms with van der Waals surface area (Å²) in [4.78, 5) is 2.78. The molecule has 3 heteroatoms. The van der Waals surface area contributed by atoms with E-state index in [2.05, 4.69) is 28.9 Å². The summed E-state index contributed by atoms with van der Waals surface area (Å²) in [5.41, 5.74) is 0.496. The van der Waals surface area contributed by atoms with Crippen LogP contribution in [0.15, 0.2) is 0 Å². The van der Waals surface area contributed by atoms with Crippen molar-refractivity contribution in [1.29, 1.82) is 0 Å². The molecule has 0 amide bonds. The van der Waals surface area contributed by atoms with E-state index in [1.807, 2.05) is 0 Å². The lowest BCUT2D eigenvalue weighted by Crippen LogP contribution is -2.63. The molecule has 3 aliphatic rings. The van der Waals surface area contributed by atoms with Crippen LogP contribution in [0.25, 0.3) is 0 Å². The van der Waals surface area contributed by atoms with Gasteiger partial charge in [0.15, 0.2) is 0 Å². The van der Waals surface area contributed by atoms with Crippen molar-refractivity contribution in [2.75, 3.05) is 25.4 Å². The van der Waals surface area contributed by atoms with Gasteiger partial charge >= 0.3 is 0 Å². The molecule has 3 rings (SSSR count). The second-order valence-corrected chi connectivity index (χ2v) is 7.69. The fourth-order valence-corrected chi connectivity index (χ4v) is 5.07. The first-order chi connectivity index (χ1) is 8.27. The summed E-state index contributed by atoms with van der Waals surface area (Å²) in [6.45, 7) is 6.26. The summed E-state index contributed by atoms with van der Waals surface area (Å²) >= 11 is 2.21. The number of nitrogens with one attached hydrogen (secondary N) is 1. The standard InChI is InChI=1S/C14H26N2S/c1-12-9-15-14(6-2-3-7-14)11-16(12)10-13-5-4-8-17-13/h12-13,15H,2-11H2,1H3. The van der Waals surface area contributed by atoms with E-state index in [0.717, 1.165) is 11.3 Å². The minimum Gasteiger partial charge on any atom is -0.308 e. The van der Waals surface area contributed by atoms with Gasteiger partial charge in [-0.2, -0.15) is 11.8 Å². The van der Waals surface area contributed by atoms with Gasteiger partial charge in [0.1, 0.15) is 0 Å². The molecule has 0 aromatic heterocycles. The Bertz CT molecular complexity index is 257. The van der Waals surface area contributed by atoms with Crippen molar-refractivity contribution in [2.24, 2.45) is 0 Å². The van der Waals surface area contributed by atoms with Crippen molar-refractivity contribution < 1.29 is 0 Å². The molecule has 2 atom stereocenters. The van der Waals surface area contributed by atoms with Gasteiger partial charge in [0.05, 0.1) is 0 Å². The van der Waals surface area contributed by atoms with E-state index in [9.17, 15) is 0 Å². The number of nitrogens with zero attached hydrogens (tertiary/aromatic N) is 1. The molecule has 0 aromatic carbocycles. The summed E-state index contributed by atoms with van der Waals surface area (Å²) in [7, 11) is 0. The third-order valence-electron chi connectivity index (χ3n) is 4.92. The molecule has 2 heterocycles. The first-order valence-electron chi connectivity index (χ1n) is 7.38. The molecule has 1 N–H and O–H groups in total. The highest BCUT2D eigenvalue weighted by molar-refractivity contribution is 8.00. The molecule has 3 fully saturated rings. The maximum Gasteiger partial charge on any atom is 0.0309 e. The molecule has 0 radical (unpaired) electrons. The van der Waals surface area contributed by atoms with Crippen LogP contribution in [-0.4, -0.2) is 47.1 Å². The maximum absolute atomic E-state index is 3.85. The van der Waals surface area contributed by atoms with Crippen LogP contribution >= 0.6 is 11.8 Å². The minimum absolute atomic E-state index is 0.496. The van der Waals surface area contributed by atoms with E-state index >= 15 is 0 Å². The van der Waals surface area contributed by atoms with Crippen LogP contribution < -0.4 is 5.32 Å². The zero-order chi connectivity index (χ0) is 11.7. The molecule has 2 nitrogen and oxygen atoms in total. The summed E-state index contributed by atoms with van der Waals surface area (Å²) in [6.07, 6.45) is 8.60. The number of hydrogen-bond donors (Lipinski definition) is 1. The first kappa shape index (κ1) is 12.3. The van der Waals surface area contributed by atoms with Crippen molar-refractivity contribution in [3.8, 4) is 0 Å². The van der Waals surface area contributed by atoms with Crippen LogP contribution in [0.5, 0.6) is 0 Å². The van der Waals surface area contributed by atoms with E-state index in [-0.39, 0.29) is 0 Å². The average molecular weight is 254 g/mol. The highest BCUT2D eigenvalue weighted by Gasteiger charge is 2.40. The van der Waals surface area contributed by atoms with Crippen molar-refractivity contribution in [3.63, 3.8) is 0 Å². The zero-order valence-corrected chi connectivity index (χ0v) is 11.9. The predicted molar refractivity (Wildman–Crippen MR) is 75.7 cm³/mol. The molecule has 1 aliphatic carbocycles. The third kappa shape index (κ3) is 2.66. The van der Waals surface area contributed by atoms with Crippen LogP contribution in [0.3, 0.4) is 0 Å². The fraction of sp³-hybridized carbons (Fsp3) is 1.00. The Labute approximate surface area is 110 Å². The van der Waals surface area contributed by atoms with E-state index in [4.69, 9.17) is 0 Å². The molecular weight excluding hydrogens is 228 g/mol. The second-order valence-electron chi connectivity index (χ2n) is 6.28. The van der Waals surface area contributed by atoms with Gasteiger partial charge in [-0.05, 0) is 38.4 Å². The Kier molecular flexibility index (Phi) is 3.69. The Morgan fingerprint density at radius 1 is 1.29 bits per heavy atom. The van der Waals surface area contributed by atoms with Crippen LogP contribution in [0.1, 0.15) is 45.4 Å². The summed E-state index contributed by atoms with van der Waals surface area (Å²) in [5, 5.41) is 4.78. The van der Waals surface area contributed by atoms with Gasteiger partial charge in [0, 0.05) is 36.5 Å². The summed E-state index contributed by atoms with van der Waals surface area (Å²) < 4.78 is 0. The summed E-state index contributed by atoms with van der Waals surface area (Å²) in [5.74, 6) is 1.40. The monoisotopic (exact) mass is 254 g/mol. The molecule has 0 aromatic rings. The normalized spacial score (nSPS) is 37.9. The Hall–Kier alpha value is 0.270. The molecule has 2 aliphatic heterocycles. The predicted octanol–water partition coefficient (Wildman–Crippen LogP) is 2.49. The van der Waals surface area contributed by atoms with E-state index in [1.165, 1.54) is 63.9 Å². The smallest absolute Gasteiger partial charge is 0.0309 e. The van der Waals surface area contributed by atoms with Crippen LogP contribution in [0.2, 0.25) is 0 Å². The van der Waals surface area contributed by atoms with Crippen molar-refractivity contribution in [2.45, 2.75) is 62.3 Å². The molecule has 17 heavy (non-hydrogen) atoms. The summed E-state index contributed by atoms with van der Waals surface area (Å²) in [6, 6.07) is 0.738. The Morgan fingerprint density at radius 2 is 2.12 bits per heavy atom.